The van der Waals surface area contributed by atoms with E-state index in [-0.39, 0.29) is 58.8 Å². The van der Waals surface area contributed by atoms with Gasteiger partial charge in [-0.1, -0.05) is 12.1 Å². The minimum atomic E-state index is -4.42. The van der Waals surface area contributed by atoms with E-state index in [0.717, 1.165) is 0 Å². The van der Waals surface area contributed by atoms with Crippen LogP contribution in [0.4, 0.5) is 40.7 Å². The van der Waals surface area contributed by atoms with Crippen LogP contribution in [0.15, 0.2) is 58.3 Å². The third-order valence-electron chi connectivity index (χ3n) is 6.69. The van der Waals surface area contributed by atoms with E-state index < -0.39 is 35.3 Å². The third-order valence-corrected chi connectivity index (χ3v) is 8.17. The fourth-order valence-corrected chi connectivity index (χ4v) is 5.45. The van der Waals surface area contributed by atoms with Crippen molar-refractivity contribution in [3.05, 3.63) is 54.1 Å². The molecule has 3 aliphatic heterocycles. The number of benzene rings is 2. The van der Waals surface area contributed by atoms with E-state index in [1.165, 1.54) is 63.2 Å². The fourth-order valence-electron chi connectivity index (χ4n) is 4.37. The molecule has 2 aromatic carbocycles. The Bertz CT molecular complexity index is 1310. The van der Waals surface area contributed by atoms with Gasteiger partial charge in [-0.05, 0) is 65.5 Å². The topological polar surface area (TPSA) is 138 Å². The van der Waals surface area contributed by atoms with Gasteiger partial charge in [0.2, 0.25) is 0 Å². The van der Waals surface area contributed by atoms with Crippen molar-refractivity contribution in [1.82, 2.24) is 14.7 Å². The van der Waals surface area contributed by atoms with Gasteiger partial charge in [0.05, 0.1) is 45.7 Å². The molecule has 2 aromatic rings. The highest BCUT2D eigenvalue weighted by molar-refractivity contribution is 8.00. The molecule has 1 unspecified atom stereocenters. The molecule has 2 N–H and O–H groups in total. The molecule has 0 aromatic heterocycles. The minimum absolute atomic E-state index is 0.0129. The number of hydrogen-bond acceptors (Lipinski definition) is 9. The summed E-state index contributed by atoms with van der Waals surface area (Å²) in [5, 5.41) is 16.8. The zero-order valence-corrected chi connectivity index (χ0v) is 27.3. The molecule has 0 spiro atoms. The maximum absolute atomic E-state index is 12.6. The van der Waals surface area contributed by atoms with Gasteiger partial charge in [0.15, 0.2) is 0 Å². The first-order valence-corrected chi connectivity index (χ1v) is 16.1. The number of amides is 3. The lowest BCUT2D eigenvalue weighted by molar-refractivity contribution is -0.0337. The number of alkyl halides is 6. The van der Waals surface area contributed by atoms with Gasteiger partial charge >= 0.3 is 29.3 Å². The van der Waals surface area contributed by atoms with E-state index in [4.69, 9.17) is 29.2 Å². The van der Waals surface area contributed by atoms with Crippen LogP contribution in [0.2, 0.25) is 0 Å². The van der Waals surface area contributed by atoms with Gasteiger partial charge in [-0.3, -0.25) is 4.90 Å². The number of ether oxygens (including phenoxy) is 4. The van der Waals surface area contributed by atoms with E-state index in [1.54, 1.807) is 0 Å². The SMILES string of the molecule is O=C(O)N1CCOCC1.O=C(O)N1CCOCC1.O=C(Oc1ccc(SC(F)(F)F)cc1)N1CCOCC1c1ccc(SC(F)(F)F)cc1. The van der Waals surface area contributed by atoms with Crippen molar-refractivity contribution in [3.63, 3.8) is 0 Å². The lowest BCUT2D eigenvalue weighted by Crippen LogP contribution is -2.44. The van der Waals surface area contributed by atoms with Crippen molar-refractivity contribution in [3.8, 4) is 5.75 Å². The minimum Gasteiger partial charge on any atom is -0.465 e. The van der Waals surface area contributed by atoms with Crippen molar-refractivity contribution in [1.29, 1.82) is 0 Å². The van der Waals surface area contributed by atoms with Crippen molar-refractivity contribution in [2.45, 2.75) is 26.8 Å². The van der Waals surface area contributed by atoms with E-state index in [0.29, 0.717) is 58.2 Å². The molecule has 3 amide bonds. The van der Waals surface area contributed by atoms with Crippen molar-refractivity contribution < 1.29 is 69.9 Å². The van der Waals surface area contributed by atoms with Crippen LogP contribution in [0, 0.1) is 0 Å². The third kappa shape index (κ3) is 14.8. The van der Waals surface area contributed by atoms with Crippen LogP contribution < -0.4 is 4.74 Å². The Balaban J connectivity index is 0.000000291. The predicted octanol–water partition coefficient (Wildman–Crippen LogP) is 6.48. The highest BCUT2D eigenvalue weighted by Gasteiger charge is 2.32. The Morgan fingerprint density at radius 3 is 1.45 bits per heavy atom. The van der Waals surface area contributed by atoms with Crippen molar-refractivity contribution >= 4 is 41.8 Å². The Morgan fingerprint density at radius 2 is 1.06 bits per heavy atom. The van der Waals surface area contributed by atoms with Gasteiger partial charge < -0.3 is 39.0 Å². The van der Waals surface area contributed by atoms with Crippen LogP contribution in [0.1, 0.15) is 11.6 Å². The second kappa shape index (κ2) is 19.0. The molecule has 20 heteroatoms. The van der Waals surface area contributed by atoms with E-state index >= 15 is 0 Å². The summed E-state index contributed by atoms with van der Waals surface area (Å²) >= 11 is -0.520. The molecule has 49 heavy (non-hydrogen) atoms. The molecular formula is C29H33F6N3O9S2. The highest BCUT2D eigenvalue weighted by Crippen LogP contribution is 2.38. The second-order valence-corrected chi connectivity index (χ2v) is 12.3. The summed E-state index contributed by atoms with van der Waals surface area (Å²) in [5.74, 6) is 0.0682. The zero-order valence-electron chi connectivity index (χ0n) is 25.7. The quantitative estimate of drug-likeness (QED) is 0.263. The molecule has 0 bridgehead atoms. The average Bonchev–Trinajstić information content (AvgIpc) is 3.06. The molecule has 12 nitrogen and oxygen atoms in total. The van der Waals surface area contributed by atoms with E-state index in [1.807, 2.05) is 0 Å². The molecule has 3 heterocycles. The first kappa shape index (κ1) is 39.8. The largest absolute Gasteiger partial charge is 0.465 e. The molecular weight excluding hydrogens is 712 g/mol. The fraction of sp³-hybridized carbons (Fsp3) is 0.483. The summed E-state index contributed by atoms with van der Waals surface area (Å²) in [6, 6.07) is 9.89. The molecule has 3 fully saturated rings. The Morgan fingerprint density at radius 1 is 0.653 bits per heavy atom. The normalized spacial score (nSPS) is 18.3. The number of morpholine rings is 3. The molecule has 3 saturated heterocycles. The van der Waals surface area contributed by atoms with E-state index in [9.17, 15) is 40.7 Å². The number of carbonyl (C=O) groups excluding carboxylic acids is 1. The predicted molar refractivity (Wildman–Crippen MR) is 164 cm³/mol. The van der Waals surface area contributed by atoms with Crippen LogP contribution in [0.25, 0.3) is 0 Å². The molecule has 0 saturated carbocycles. The number of carboxylic acid groups (broad SMARTS) is 2. The maximum atomic E-state index is 12.6. The number of halogens is 6. The smallest absolute Gasteiger partial charge is 0.446 e. The molecule has 272 valence electrons. The molecule has 1 atom stereocenters. The standard InChI is InChI=1S/C19H15F6NO3S2.2C5H9NO3/c20-18(21,22)30-14-5-1-12(2-6-14)16-11-28-10-9-26(16)17(27)29-13-3-7-15(8-4-13)31-19(23,24)25;2*7-5(8)6-1-3-9-4-2-6/h1-8,16H,9-11H2;2*1-4H2,(H,7,8). The summed E-state index contributed by atoms with van der Waals surface area (Å²) in [4.78, 5) is 37.1. The highest BCUT2D eigenvalue weighted by atomic mass is 32.2. The van der Waals surface area contributed by atoms with Crippen LogP contribution in [-0.2, 0) is 14.2 Å². The second-order valence-electron chi connectivity index (χ2n) is 10.1. The summed E-state index contributed by atoms with van der Waals surface area (Å²) in [5.41, 5.74) is -8.26. The number of carbonyl (C=O) groups is 3. The molecule has 0 aliphatic carbocycles. The summed E-state index contributed by atoms with van der Waals surface area (Å²) in [6.45, 7) is 4.73. The maximum Gasteiger partial charge on any atom is 0.446 e. The van der Waals surface area contributed by atoms with Gasteiger partial charge in [-0.15, -0.1) is 0 Å². The Kier molecular flexibility index (Phi) is 15.4. The Labute approximate surface area is 285 Å². The Hall–Kier alpha value is -3.59. The van der Waals surface area contributed by atoms with Crippen LogP contribution in [0.3, 0.4) is 0 Å². The van der Waals surface area contributed by atoms with Crippen LogP contribution in [0.5, 0.6) is 5.75 Å². The average molecular weight is 746 g/mol. The van der Waals surface area contributed by atoms with Gasteiger partial charge in [0.1, 0.15) is 5.75 Å². The van der Waals surface area contributed by atoms with Crippen molar-refractivity contribution in [2.24, 2.45) is 0 Å². The lowest BCUT2D eigenvalue weighted by Gasteiger charge is -2.35. The van der Waals surface area contributed by atoms with Gasteiger partial charge in [-0.25, -0.2) is 14.4 Å². The number of rotatable bonds is 4. The molecule has 3 aliphatic rings. The van der Waals surface area contributed by atoms with Crippen LogP contribution in [-0.4, -0.2) is 127 Å². The summed E-state index contributed by atoms with van der Waals surface area (Å²) < 4.78 is 95.3. The monoisotopic (exact) mass is 745 g/mol. The zero-order chi connectivity index (χ0) is 36.0. The van der Waals surface area contributed by atoms with Gasteiger partial charge in [0, 0.05) is 42.5 Å². The molecule has 5 rings (SSSR count). The number of thioether (sulfide) groups is 2. The van der Waals surface area contributed by atoms with Gasteiger partial charge in [0.25, 0.3) is 0 Å². The van der Waals surface area contributed by atoms with E-state index in [2.05, 4.69) is 0 Å². The van der Waals surface area contributed by atoms with Crippen molar-refractivity contribution in [2.75, 3.05) is 72.4 Å². The van der Waals surface area contributed by atoms with Gasteiger partial charge in [-0.2, -0.15) is 26.3 Å². The lowest BCUT2D eigenvalue weighted by atomic mass is 10.1. The number of nitrogens with zero attached hydrogens (tertiary/aromatic N) is 3. The summed E-state index contributed by atoms with van der Waals surface area (Å²) in [7, 11) is 0. The molecule has 0 radical (unpaired) electrons. The van der Waals surface area contributed by atoms with Crippen LogP contribution >= 0.6 is 23.5 Å². The first-order chi connectivity index (χ1) is 23.1. The summed E-state index contributed by atoms with van der Waals surface area (Å²) in [6.07, 6.45) is -2.44. The first-order valence-electron chi connectivity index (χ1n) is 14.5. The number of hydrogen-bond donors (Lipinski definition) is 2.